The predicted octanol–water partition coefficient (Wildman–Crippen LogP) is 4.59. The molecule has 2 aliphatic rings. The number of phenols is 1. The minimum atomic E-state index is 0.224. The summed E-state index contributed by atoms with van der Waals surface area (Å²) in [6.45, 7) is 2.13. The molecule has 0 fully saturated rings. The molecule has 124 valence electrons. The molecule has 1 heterocycles. The number of rotatable bonds is 2. The van der Waals surface area contributed by atoms with Crippen molar-refractivity contribution in [3.8, 4) is 5.75 Å². The predicted molar refractivity (Wildman–Crippen MR) is 100.0 cm³/mol. The summed E-state index contributed by atoms with van der Waals surface area (Å²) in [7, 11) is 4.11. The Morgan fingerprint density at radius 3 is 2.54 bits per heavy atom. The quantitative estimate of drug-likeness (QED) is 0.627. The molecule has 0 bridgehead atoms. The molecule has 3 unspecified atom stereocenters. The van der Waals surface area contributed by atoms with E-state index in [1.807, 2.05) is 6.07 Å². The molecule has 4 rings (SSSR count). The standard InChI is InChI=1S/C21H24N2O/c1-13-7-12-18(24)21-19(13)16-5-4-6-17(16)20(22-21)14-8-10-15(11-9-14)23(2)3/h4-5,7-12,16-17,20,22,24H,6H2,1-3H3. The third-order valence-electron chi connectivity index (χ3n) is 5.48. The van der Waals surface area contributed by atoms with E-state index >= 15 is 0 Å². The Morgan fingerprint density at radius 1 is 1.08 bits per heavy atom. The number of anilines is 2. The summed E-state index contributed by atoms with van der Waals surface area (Å²) in [4.78, 5) is 2.11. The van der Waals surface area contributed by atoms with Gasteiger partial charge >= 0.3 is 0 Å². The number of allylic oxidation sites excluding steroid dienone is 2. The van der Waals surface area contributed by atoms with Crippen LogP contribution < -0.4 is 10.2 Å². The number of phenolic OH excluding ortho intramolecular Hbond substituents is 1. The molecule has 3 nitrogen and oxygen atoms in total. The molecule has 2 N–H and O–H groups in total. The molecule has 3 atom stereocenters. The third kappa shape index (κ3) is 2.27. The number of nitrogens with one attached hydrogen (secondary N) is 1. The van der Waals surface area contributed by atoms with Crippen molar-refractivity contribution in [2.75, 3.05) is 24.3 Å². The van der Waals surface area contributed by atoms with Crippen LogP contribution in [0.3, 0.4) is 0 Å². The minimum absolute atomic E-state index is 0.224. The van der Waals surface area contributed by atoms with Gasteiger partial charge in [-0.1, -0.05) is 30.4 Å². The zero-order chi connectivity index (χ0) is 16.8. The number of aryl methyl sites for hydroxylation is 1. The zero-order valence-corrected chi connectivity index (χ0v) is 14.5. The molecule has 2 aromatic rings. The molecule has 0 saturated heterocycles. The molecule has 0 aromatic heterocycles. The van der Waals surface area contributed by atoms with Gasteiger partial charge in [0, 0.05) is 25.7 Å². The van der Waals surface area contributed by atoms with Crippen LogP contribution in [0.25, 0.3) is 0 Å². The van der Waals surface area contributed by atoms with E-state index in [9.17, 15) is 5.11 Å². The number of benzene rings is 2. The molecule has 0 radical (unpaired) electrons. The van der Waals surface area contributed by atoms with Crippen LogP contribution in [-0.2, 0) is 0 Å². The molecule has 2 aromatic carbocycles. The highest BCUT2D eigenvalue weighted by Crippen LogP contribution is 2.53. The summed E-state index contributed by atoms with van der Waals surface area (Å²) in [5.41, 5.74) is 5.90. The van der Waals surface area contributed by atoms with Crippen LogP contribution in [0.15, 0.2) is 48.6 Å². The van der Waals surface area contributed by atoms with Crippen molar-refractivity contribution < 1.29 is 5.11 Å². The summed E-state index contributed by atoms with van der Waals surface area (Å²) in [6, 6.07) is 12.8. The van der Waals surface area contributed by atoms with Crippen molar-refractivity contribution >= 4 is 11.4 Å². The fourth-order valence-corrected chi connectivity index (χ4v) is 4.19. The number of hydrogen-bond donors (Lipinski definition) is 2. The van der Waals surface area contributed by atoms with Gasteiger partial charge in [-0.25, -0.2) is 0 Å². The summed E-state index contributed by atoms with van der Waals surface area (Å²) >= 11 is 0. The second-order valence-corrected chi connectivity index (χ2v) is 7.15. The molecule has 24 heavy (non-hydrogen) atoms. The highest BCUT2D eigenvalue weighted by atomic mass is 16.3. The van der Waals surface area contributed by atoms with Crippen LogP contribution >= 0.6 is 0 Å². The van der Waals surface area contributed by atoms with Gasteiger partial charge in [-0.15, -0.1) is 0 Å². The summed E-state index contributed by atoms with van der Waals surface area (Å²) < 4.78 is 0. The van der Waals surface area contributed by atoms with Crippen LogP contribution in [0.4, 0.5) is 11.4 Å². The number of nitrogens with zero attached hydrogens (tertiary/aromatic N) is 1. The minimum Gasteiger partial charge on any atom is -0.506 e. The van der Waals surface area contributed by atoms with Crippen LogP contribution in [0.2, 0.25) is 0 Å². The molecule has 1 aliphatic heterocycles. The molecule has 3 heteroatoms. The first-order valence-corrected chi connectivity index (χ1v) is 8.59. The lowest BCUT2D eigenvalue weighted by Gasteiger charge is -2.38. The van der Waals surface area contributed by atoms with Crippen molar-refractivity contribution in [1.82, 2.24) is 0 Å². The fraction of sp³-hybridized carbons (Fsp3) is 0.333. The van der Waals surface area contributed by atoms with E-state index in [4.69, 9.17) is 0 Å². The summed E-state index contributed by atoms with van der Waals surface area (Å²) in [6.07, 6.45) is 5.68. The summed E-state index contributed by atoms with van der Waals surface area (Å²) in [5.74, 6) is 1.24. The van der Waals surface area contributed by atoms with Crippen LogP contribution in [-0.4, -0.2) is 19.2 Å². The largest absolute Gasteiger partial charge is 0.506 e. The Kier molecular flexibility index (Phi) is 3.52. The first-order valence-electron chi connectivity index (χ1n) is 8.59. The first-order chi connectivity index (χ1) is 11.6. The van der Waals surface area contributed by atoms with Crippen molar-refractivity contribution in [3.05, 3.63) is 65.2 Å². The fourth-order valence-electron chi connectivity index (χ4n) is 4.19. The Bertz CT molecular complexity index is 792. The van der Waals surface area contributed by atoms with E-state index in [1.54, 1.807) is 6.07 Å². The second kappa shape index (κ2) is 5.59. The summed E-state index contributed by atoms with van der Waals surface area (Å²) in [5, 5.41) is 14.0. The lowest BCUT2D eigenvalue weighted by Crippen LogP contribution is -2.29. The van der Waals surface area contributed by atoms with E-state index in [-0.39, 0.29) is 6.04 Å². The zero-order valence-electron chi connectivity index (χ0n) is 14.5. The monoisotopic (exact) mass is 320 g/mol. The van der Waals surface area contributed by atoms with Gasteiger partial charge in [-0.3, -0.25) is 0 Å². The smallest absolute Gasteiger partial charge is 0.139 e. The van der Waals surface area contributed by atoms with Gasteiger partial charge in [-0.05, 0) is 54.2 Å². The molecular formula is C21H24N2O. The van der Waals surface area contributed by atoms with Gasteiger partial charge in [0.05, 0.1) is 11.7 Å². The number of hydrogen-bond acceptors (Lipinski definition) is 3. The maximum absolute atomic E-state index is 10.4. The molecule has 0 saturated carbocycles. The van der Waals surface area contributed by atoms with Crippen molar-refractivity contribution in [3.63, 3.8) is 0 Å². The molecule has 0 amide bonds. The first kappa shape index (κ1) is 15.1. The highest BCUT2D eigenvalue weighted by molar-refractivity contribution is 5.69. The van der Waals surface area contributed by atoms with Gasteiger partial charge in [0.25, 0.3) is 0 Å². The van der Waals surface area contributed by atoms with Crippen LogP contribution in [0.1, 0.15) is 35.1 Å². The molecular weight excluding hydrogens is 296 g/mol. The Balaban J connectivity index is 1.77. The third-order valence-corrected chi connectivity index (χ3v) is 5.48. The van der Waals surface area contributed by atoms with E-state index in [2.05, 4.69) is 67.7 Å². The van der Waals surface area contributed by atoms with E-state index < -0.39 is 0 Å². The van der Waals surface area contributed by atoms with Crippen molar-refractivity contribution in [2.45, 2.75) is 25.3 Å². The van der Waals surface area contributed by atoms with Crippen molar-refractivity contribution in [2.24, 2.45) is 5.92 Å². The Hall–Kier alpha value is -2.42. The molecule has 1 aliphatic carbocycles. The van der Waals surface area contributed by atoms with E-state index in [1.165, 1.54) is 22.4 Å². The topological polar surface area (TPSA) is 35.5 Å². The van der Waals surface area contributed by atoms with Gasteiger partial charge in [0.1, 0.15) is 5.75 Å². The number of fused-ring (bicyclic) bond motifs is 3. The van der Waals surface area contributed by atoms with Crippen LogP contribution in [0.5, 0.6) is 5.75 Å². The lowest BCUT2D eigenvalue weighted by molar-refractivity contribution is 0.414. The lowest BCUT2D eigenvalue weighted by atomic mass is 9.75. The van der Waals surface area contributed by atoms with Crippen LogP contribution in [0, 0.1) is 12.8 Å². The van der Waals surface area contributed by atoms with Gasteiger partial charge in [-0.2, -0.15) is 0 Å². The normalized spacial score (nSPS) is 24.2. The van der Waals surface area contributed by atoms with E-state index in [0.29, 0.717) is 17.6 Å². The van der Waals surface area contributed by atoms with Gasteiger partial charge in [0.15, 0.2) is 0 Å². The average molecular weight is 320 g/mol. The Labute approximate surface area is 143 Å². The highest BCUT2D eigenvalue weighted by Gasteiger charge is 2.39. The van der Waals surface area contributed by atoms with Gasteiger partial charge < -0.3 is 15.3 Å². The van der Waals surface area contributed by atoms with E-state index in [0.717, 1.165) is 12.1 Å². The average Bonchev–Trinajstić information content (AvgIpc) is 3.07. The number of aromatic hydroxyl groups is 1. The Morgan fingerprint density at radius 2 is 1.83 bits per heavy atom. The SMILES string of the molecule is Cc1ccc(O)c2c1C1C=CCC1C(c1ccc(N(C)C)cc1)N2. The maximum atomic E-state index is 10.4. The maximum Gasteiger partial charge on any atom is 0.139 e. The second-order valence-electron chi connectivity index (χ2n) is 7.15. The van der Waals surface area contributed by atoms with Gasteiger partial charge in [0.2, 0.25) is 0 Å². The van der Waals surface area contributed by atoms with Crippen molar-refractivity contribution in [1.29, 1.82) is 0 Å². The molecule has 0 spiro atoms.